The normalized spacial score (nSPS) is 15.8. The molecule has 0 saturated heterocycles. The summed E-state index contributed by atoms with van der Waals surface area (Å²) in [5.74, 6) is 1.42. The number of hydrogen-bond donors (Lipinski definition) is 1. The first-order valence-electron chi connectivity index (χ1n) is 12.3. The highest BCUT2D eigenvalue weighted by Crippen LogP contribution is 2.39. The van der Waals surface area contributed by atoms with E-state index < -0.39 is 6.04 Å². The maximum atomic E-state index is 14.0. The van der Waals surface area contributed by atoms with Crippen molar-refractivity contribution in [2.75, 3.05) is 18.8 Å². The number of thiophene rings is 1. The molecule has 0 unspecified atom stereocenters. The van der Waals surface area contributed by atoms with Crippen LogP contribution in [0.2, 0.25) is 0 Å². The predicted molar refractivity (Wildman–Crippen MR) is 139 cm³/mol. The minimum Gasteiger partial charge on any atom is -0.497 e. The fraction of sp³-hybridized carbons (Fsp3) is 0.357. The van der Waals surface area contributed by atoms with Crippen LogP contribution in [0.25, 0.3) is 0 Å². The molecule has 1 fully saturated rings. The molecule has 3 aromatic rings. The summed E-state index contributed by atoms with van der Waals surface area (Å²) in [6, 6.07) is 15.8. The van der Waals surface area contributed by atoms with Crippen LogP contribution in [-0.2, 0) is 16.0 Å². The van der Waals surface area contributed by atoms with E-state index in [1.165, 1.54) is 17.8 Å². The van der Waals surface area contributed by atoms with Crippen molar-refractivity contribution in [3.05, 3.63) is 70.4 Å². The van der Waals surface area contributed by atoms with Gasteiger partial charge in [-0.25, -0.2) is 0 Å². The van der Waals surface area contributed by atoms with Gasteiger partial charge in [-0.15, -0.1) is 11.3 Å². The Kier molecular flexibility index (Phi) is 7.41. The number of rotatable bonds is 8. The fourth-order valence-electron chi connectivity index (χ4n) is 4.88. The third-order valence-corrected chi connectivity index (χ3v) is 7.55. The van der Waals surface area contributed by atoms with Gasteiger partial charge in [-0.05, 0) is 54.1 Å². The third kappa shape index (κ3) is 5.33. The molecule has 2 aliphatic rings. The minimum atomic E-state index is -0.880. The summed E-state index contributed by atoms with van der Waals surface area (Å²) >= 11 is 1.52. The number of fused-ring (bicyclic) bond motifs is 1. The van der Waals surface area contributed by atoms with Gasteiger partial charge in [0.25, 0.3) is 0 Å². The summed E-state index contributed by atoms with van der Waals surface area (Å²) < 4.78 is 16.5. The number of benzene rings is 2. The van der Waals surface area contributed by atoms with Crippen LogP contribution in [0.3, 0.4) is 0 Å². The Bertz CT molecular complexity index is 1210. The molecule has 36 heavy (non-hydrogen) atoms. The van der Waals surface area contributed by atoms with Crippen molar-refractivity contribution in [1.82, 2.24) is 5.32 Å². The Labute approximate surface area is 215 Å². The molecule has 1 saturated carbocycles. The van der Waals surface area contributed by atoms with Crippen LogP contribution < -0.4 is 24.4 Å². The number of carbonyl (C=O) groups excluding carboxylic acids is 2. The van der Waals surface area contributed by atoms with Crippen molar-refractivity contribution in [2.24, 2.45) is 0 Å². The van der Waals surface area contributed by atoms with Crippen molar-refractivity contribution in [1.29, 1.82) is 0 Å². The van der Waals surface area contributed by atoms with Gasteiger partial charge in [0.2, 0.25) is 18.6 Å². The zero-order valence-corrected chi connectivity index (χ0v) is 21.1. The standard InChI is InChI=1S/C28H30N2O5S/c1-33-22-10-5-7-19(15-22)27(28(32)29-20-8-3-2-4-9-20)30(26(31)17-23-11-6-14-36-23)21-12-13-24-25(16-21)35-18-34-24/h5-7,10-16,20,27H,2-4,8-9,17-18H2,1H3,(H,29,32)/t27-/m1/s1. The molecule has 1 aromatic heterocycles. The van der Waals surface area contributed by atoms with Gasteiger partial charge in [0, 0.05) is 22.7 Å². The summed E-state index contributed by atoms with van der Waals surface area (Å²) in [4.78, 5) is 30.4. The van der Waals surface area contributed by atoms with Gasteiger partial charge in [0.15, 0.2) is 11.5 Å². The highest BCUT2D eigenvalue weighted by molar-refractivity contribution is 7.10. The lowest BCUT2D eigenvalue weighted by Crippen LogP contribution is -2.47. The Morgan fingerprint density at radius 1 is 1.06 bits per heavy atom. The number of amides is 2. The number of anilines is 1. The largest absolute Gasteiger partial charge is 0.497 e. The molecular weight excluding hydrogens is 476 g/mol. The van der Waals surface area contributed by atoms with Crippen molar-refractivity contribution in [3.8, 4) is 17.2 Å². The molecule has 1 aliphatic carbocycles. The van der Waals surface area contributed by atoms with Crippen molar-refractivity contribution < 1.29 is 23.8 Å². The summed E-state index contributed by atoms with van der Waals surface area (Å²) in [5, 5.41) is 5.19. The molecule has 0 spiro atoms. The maximum absolute atomic E-state index is 14.0. The molecule has 2 amide bonds. The summed E-state index contributed by atoms with van der Waals surface area (Å²) in [5.41, 5.74) is 1.26. The van der Waals surface area contributed by atoms with E-state index >= 15 is 0 Å². The second-order valence-electron chi connectivity index (χ2n) is 9.08. The first-order valence-corrected chi connectivity index (χ1v) is 13.2. The number of ether oxygens (including phenoxy) is 3. The highest BCUT2D eigenvalue weighted by Gasteiger charge is 2.35. The first-order chi connectivity index (χ1) is 17.6. The van der Waals surface area contributed by atoms with E-state index in [9.17, 15) is 9.59 Å². The molecular formula is C28H30N2O5S. The molecule has 0 bridgehead atoms. The number of nitrogens with zero attached hydrogens (tertiary/aromatic N) is 1. The summed E-state index contributed by atoms with van der Waals surface area (Å²) in [6.45, 7) is 0.128. The Hall–Kier alpha value is -3.52. The second-order valence-corrected chi connectivity index (χ2v) is 10.1. The third-order valence-electron chi connectivity index (χ3n) is 6.68. The van der Waals surface area contributed by atoms with E-state index in [4.69, 9.17) is 14.2 Å². The predicted octanol–water partition coefficient (Wildman–Crippen LogP) is 5.25. The van der Waals surface area contributed by atoms with Crippen molar-refractivity contribution in [3.63, 3.8) is 0 Å². The van der Waals surface area contributed by atoms with E-state index in [2.05, 4.69) is 5.32 Å². The second kappa shape index (κ2) is 11.0. The van der Waals surface area contributed by atoms with Crippen LogP contribution in [0.5, 0.6) is 17.2 Å². The molecule has 188 valence electrons. The molecule has 2 aromatic carbocycles. The molecule has 5 rings (SSSR count). The van der Waals surface area contributed by atoms with Crippen LogP contribution >= 0.6 is 11.3 Å². The van der Waals surface area contributed by atoms with Gasteiger partial charge < -0.3 is 19.5 Å². The van der Waals surface area contributed by atoms with E-state index in [1.54, 1.807) is 30.2 Å². The Morgan fingerprint density at radius 3 is 2.67 bits per heavy atom. The topological polar surface area (TPSA) is 77.1 Å². The Balaban J connectivity index is 1.57. The molecule has 2 heterocycles. The monoisotopic (exact) mass is 506 g/mol. The van der Waals surface area contributed by atoms with Crippen LogP contribution in [0.15, 0.2) is 60.0 Å². The molecule has 1 aliphatic heterocycles. The van der Waals surface area contributed by atoms with Gasteiger partial charge >= 0.3 is 0 Å². The molecule has 1 N–H and O–H groups in total. The summed E-state index contributed by atoms with van der Waals surface area (Å²) in [7, 11) is 1.59. The SMILES string of the molecule is COc1cccc([C@H](C(=O)NC2CCCCC2)N(C(=O)Cc2cccs2)c2ccc3c(c2)OCO3)c1. The fourth-order valence-corrected chi connectivity index (χ4v) is 5.57. The van der Waals surface area contributed by atoms with Crippen LogP contribution in [-0.4, -0.2) is 31.8 Å². The van der Waals surface area contributed by atoms with Crippen molar-refractivity contribution >= 4 is 28.8 Å². The van der Waals surface area contributed by atoms with Gasteiger partial charge in [-0.2, -0.15) is 0 Å². The van der Waals surface area contributed by atoms with E-state index in [1.807, 2.05) is 41.8 Å². The highest BCUT2D eigenvalue weighted by atomic mass is 32.1. The molecule has 1 atom stereocenters. The van der Waals surface area contributed by atoms with E-state index in [0.717, 1.165) is 30.6 Å². The lowest BCUT2D eigenvalue weighted by Gasteiger charge is -2.33. The smallest absolute Gasteiger partial charge is 0.248 e. The van der Waals surface area contributed by atoms with Gasteiger partial charge in [-0.3, -0.25) is 14.5 Å². The van der Waals surface area contributed by atoms with Crippen LogP contribution in [0, 0.1) is 0 Å². The first kappa shape index (κ1) is 24.2. The lowest BCUT2D eigenvalue weighted by molar-refractivity contribution is -0.127. The quantitative estimate of drug-likeness (QED) is 0.452. The number of hydrogen-bond acceptors (Lipinski definition) is 6. The average molecular weight is 507 g/mol. The molecule has 0 radical (unpaired) electrons. The van der Waals surface area contributed by atoms with Crippen LogP contribution in [0.1, 0.15) is 48.6 Å². The average Bonchev–Trinajstić information content (AvgIpc) is 3.59. The number of carbonyl (C=O) groups is 2. The minimum absolute atomic E-state index is 0.102. The van der Waals surface area contributed by atoms with Crippen LogP contribution in [0.4, 0.5) is 5.69 Å². The Morgan fingerprint density at radius 2 is 1.89 bits per heavy atom. The van der Waals surface area contributed by atoms with Gasteiger partial charge in [0.1, 0.15) is 11.8 Å². The zero-order chi connectivity index (χ0) is 24.9. The molecule has 7 nitrogen and oxygen atoms in total. The molecule has 8 heteroatoms. The van der Waals surface area contributed by atoms with Gasteiger partial charge in [0.05, 0.1) is 13.5 Å². The van der Waals surface area contributed by atoms with E-state index in [-0.39, 0.29) is 31.1 Å². The lowest BCUT2D eigenvalue weighted by atomic mass is 9.94. The number of nitrogens with one attached hydrogen (secondary N) is 1. The number of methoxy groups -OCH3 is 1. The summed E-state index contributed by atoms with van der Waals surface area (Å²) in [6.07, 6.45) is 5.46. The maximum Gasteiger partial charge on any atom is 0.248 e. The van der Waals surface area contributed by atoms with E-state index in [0.29, 0.717) is 28.5 Å². The van der Waals surface area contributed by atoms with Gasteiger partial charge in [-0.1, -0.05) is 37.5 Å². The zero-order valence-electron chi connectivity index (χ0n) is 20.3. The van der Waals surface area contributed by atoms with Crippen molar-refractivity contribution in [2.45, 2.75) is 50.6 Å².